The summed E-state index contributed by atoms with van der Waals surface area (Å²) in [4.78, 5) is 39.1. The number of ether oxygens (including phenoxy) is 1. The number of pyridine rings is 1. The second kappa shape index (κ2) is 13.0. The van der Waals surface area contributed by atoms with Crippen molar-refractivity contribution in [1.29, 1.82) is 0 Å². The Morgan fingerprint density at radius 1 is 1.05 bits per heavy atom. The highest BCUT2D eigenvalue weighted by molar-refractivity contribution is 7.99. The summed E-state index contributed by atoms with van der Waals surface area (Å²) in [6.07, 6.45) is 4.26. The smallest absolute Gasteiger partial charge is 0.252 e. The number of fused-ring (bicyclic) bond motifs is 1. The van der Waals surface area contributed by atoms with Gasteiger partial charge in [-0.2, -0.15) is 0 Å². The Balaban J connectivity index is 1.44. The molecule has 0 aliphatic heterocycles. The van der Waals surface area contributed by atoms with Crippen LogP contribution in [0.1, 0.15) is 30.6 Å². The van der Waals surface area contributed by atoms with Crippen LogP contribution in [0.15, 0.2) is 78.0 Å². The van der Waals surface area contributed by atoms with Crippen molar-refractivity contribution in [2.24, 2.45) is 0 Å². The van der Waals surface area contributed by atoms with Crippen molar-refractivity contribution in [3.8, 4) is 11.4 Å². The molecule has 2 heterocycles. The van der Waals surface area contributed by atoms with Gasteiger partial charge in [0.1, 0.15) is 11.9 Å². The summed E-state index contributed by atoms with van der Waals surface area (Å²) in [6, 6.07) is 18.1. The van der Waals surface area contributed by atoms with Gasteiger partial charge in [-0.3, -0.25) is 14.6 Å². The van der Waals surface area contributed by atoms with E-state index in [1.165, 1.54) is 11.8 Å². The van der Waals surface area contributed by atoms with Crippen molar-refractivity contribution in [2.75, 3.05) is 18.9 Å². The number of rotatable bonds is 12. The molecule has 0 aliphatic rings. The molecule has 8 nitrogen and oxygen atoms in total. The van der Waals surface area contributed by atoms with Crippen LogP contribution in [0.3, 0.4) is 0 Å². The average molecular weight is 518 g/mol. The van der Waals surface area contributed by atoms with E-state index in [0.717, 1.165) is 21.5 Å². The van der Waals surface area contributed by atoms with Gasteiger partial charge >= 0.3 is 0 Å². The molecule has 37 heavy (non-hydrogen) atoms. The second-order valence-electron chi connectivity index (χ2n) is 8.77. The minimum Gasteiger partial charge on any atom is -0.379 e. The summed E-state index contributed by atoms with van der Waals surface area (Å²) in [5.74, 6) is 0.568. The van der Waals surface area contributed by atoms with Crippen LogP contribution in [0.2, 0.25) is 0 Å². The lowest BCUT2D eigenvalue weighted by molar-refractivity contribution is -0.122. The second-order valence-corrected chi connectivity index (χ2v) is 9.86. The van der Waals surface area contributed by atoms with E-state index in [1.807, 2.05) is 56.3 Å². The van der Waals surface area contributed by atoms with Crippen molar-refractivity contribution in [2.45, 2.75) is 37.3 Å². The quantitative estimate of drug-likeness (QED) is 0.189. The number of aromatic nitrogens is 3. The number of carbonyl (C=O) groups excluding carboxylic acids is 2. The number of carbonyl (C=O) groups is 2. The van der Waals surface area contributed by atoms with Gasteiger partial charge in [0.2, 0.25) is 5.91 Å². The molecule has 9 heteroatoms. The Labute approximate surface area is 220 Å². The zero-order valence-electron chi connectivity index (χ0n) is 20.9. The number of aromatic amines is 1. The summed E-state index contributed by atoms with van der Waals surface area (Å²) in [7, 11) is 0. The highest BCUT2D eigenvalue weighted by Crippen LogP contribution is 2.21. The van der Waals surface area contributed by atoms with E-state index in [-0.39, 0.29) is 17.9 Å². The lowest BCUT2D eigenvalue weighted by Gasteiger charge is -2.18. The predicted molar refractivity (Wildman–Crippen MR) is 146 cm³/mol. The van der Waals surface area contributed by atoms with Crippen LogP contribution >= 0.6 is 11.8 Å². The van der Waals surface area contributed by atoms with Gasteiger partial charge < -0.3 is 20.4 Å². The third-order valence-electron chi connectivity index (χ3n) is 5.55. The lowest BCUT2D eigenvalue weighted by Crippen LogP contribution is -2.48. The van der Waals surface area contributed by atoms with E-state index in [4.69, 9.17) is 4.74 Å². The lowest BCUT2D eigenvalue weighted by atomic mass is 10.1. The van der Waals surface area contributed by atoms with Crippen molar-refractivity contribution in [1.82, 2.24) is 25.6 Å². The zero-order valence-corrected chi connectivity index (χ0v) is 21.8. The van der Waals surface area contributed by atoms with E-state index in [1.54, 1.807) is 30.6 Å². The van der Waals surface area contributed by atoms with Crippen LogP contribution in [0, 0.1) is 0 Å². The molecule has 4 aromatic rings. The van der Waals surface area contributed by atoms with Crippen molar-refractivity contribution >= 4 is 34.6 Å². The number of H-pyrrole nitrogens is 1. The Morgan fingerprint density at radius 3 is 2.59 bits per heavy atom. The molecule has 1 atom stereocenters. The molecule has 0 saturated carbocycles. The topological polar surface area (TPSA) is 109 Å². The van der Waals surface area contributed by atoms with E-state index >= 15 is 0 Å². The third-order valence-corrected chi connectivity index (χ3v) is 6.66. The average Bonchev–Trinajstić information content (AvgIpc) is 3.35. The van der Waals surface area contributed by atoms with Gasteiger partial charge in [-0.15, -0.1) is 11.8 Å². The molecule has 2 amide bonds. The minimum atomic E-state index is -0.700. The van der Waals surface area contributed by atoms with Crippen LogP contribution < -0.4 is 10.6 Å². The SMILES string of the molecule is CC(C)OCCCNC(=O)[C@H](CSc1ccccc1)NC(=O)c1ccc2nc(-c3ccncc3)[nH]c2c1. The number of hydrogen-bond acceptors (Lipinski definition) is 6. The van der Waals surface area contributed by atoms with Gasteiger partial charge in [0, 0.05) is 47.3 Å². The van der Waals surface area contributed by atoms with Crippen LogP contribution in [0.4, 0.5) is 0 Å². The fourth-order valence-electron chi connectivity index (χ4n) is 3.64. The first-order chi connectivity index (χ1) is 18.0. The molecule has 2 aromatic carbocycles. The van der Waals surface area contributed by atoms with Gasteiger partial charge in [0.25, 0.3) is 5.91 Å². The number of nitrogens with zero attached hydrogens (tertiary/aromatic N) is 2. The molecule has 3 N–H and O–H groups in total. The number of benzene rings is 2. The Bertz CT molecular complexity index is 1310. The van der Waals surface area contributed by atoms with E-state index < -0.39 is 6.04 Å². The molecule has 0 bridgehead atoms. The van der Waals surface area contributed by atoms with Crippen LogP contribution in [0.5, 0.6) is 0 Å². The molecular weight excluding hydrogens is 486 g/mol. The standard InChI is InChI=1S/C28H31N5O3S/c1-19(2)36-16-6-13-30-28(35)25(18-37-22-7-4-3-5-8-22)33-27(34)21-9-10-23-24(17-21)32-26(31-23)20-11-14-29-15-12-20/h3-5,7-12,14-15,17,19,25H,6,13,16,18H2,1-2H3,(H,30,35)(H,31,32)(H,33,34)/t25-/m0/s1. The monoisotopic (exact) mass is 517 g/mol. The van der Waals surface area contributed by atoms with Gasteiger partial charge in [-0.05, 0) is 62.7 Å². The number of amides is 2. The maximum absolute atomic E-state index is 13.2. The van der Waals surface area contributed by atoms with Crippen LogP contribution in [0.25, 0.3) is 22.4 Å². The molecule has 4 rings (SSSR count). The van der Waals surface area contributed by atoms with Crippen LogP contribution in [-0.2, 0) is 9.53 Å². The Kier molecular flexibility index (Phi) is 9.29. The highest BCUT2D eigenvalue weighted by atomic mass is 32.2. The first-order valence-electron chi connectivity index (χ1n) is 12.3. The Hall–Kier alpha value is -3.69. The predicted octanol–water partition coefficient (Wildman–Crippen LogP) is 4.45. The molecule has 0 radical (unpaired) electrons. The first kappa shape index (κ1) is 26.4. The van der Waals surface area contributed by atoms with Crippen molar-refractivity contribution < 1.29 is 14.3 Å². The molecule has 2 aromatic heterocycles. The van der Waals surface area contributed by atoms with Gasteiger partial charge in [0.15, 0.2) is 0 Å². The first-order valence-corrected chi connectivity index (χ1v) is 13.3. The number of thioether (sulfide) groups is 1. The van der Waals surface area contributed by atoms with Gasteiger partial charge in [-0.1, -0.05) is 18.2 Å². The maximum Gasteiger partial charge on any atom is 0.252 e. The van der Waals surface area contributed by atoms with Crippen LogP contribution in [-0.4, -0.2) is 57.8 Å². The third kappa shape index (κ3) is 7.65. The van der Waals surface area contributed by atoms with E-state index in [9.17, 15) is 9.59 Å². The fraction of sp³-hybridized carbons (Fsp3) is 0.286. The Morgan fingerprint density at radius 2 is 1.84 bits per heavy atom. The van der Waals surface area contributed by atoms with E-state index in [2.05, 4.69) is 25.6 Å². The number of imidazole rings is 1. The summed E-state index contributed by atoms with van der Waals surface area (Å²) in [5.41, 5.74) is 2.85. The molecule has 192 valence electrons. The van der Waals surface area contributed by atoms with Gasteiger partial charge in [-0.25, -0.2) is 4.98 Å². The largest absolute Gasteiger partial charge is 0.379 e. The number of nitrogens with one attached hydrogen (secondary N) is 3. The molecule has 0 unspecified atom stereocenters. The normalized spacial score (nSPS) is 12.0. The molecular formula is C28H31N5O3S. The highest BCUT2D eigenvalue weighted by Gasteiger charge is 2.22. The van der Waals surface area contributed by atoms with Gasteiger partial charge in [0.05, 0.1) is 17.1 Å². The summed E-state index contributed by atoms with van der Waals surface area (Å²) >= 11 is 1.52. The molecule has 0 fully saturated rings. The number of hydrogen-bond donors (Lipinski definition) is 3. The van der Waals surface area contributed by atoms with Crippen molar-refractivity contribution in [3.05, 3.63) is 78.6 Å². The van der Waals surface area contributed by atoms with Crippen molar-refractivity contribution in [3.63, 3.8) is 0 Å². The molecule has 0 spiro atoms. The zero-order chi connectivity index (χ0) is 26.0. The fourth-order valence-corrected chi connectivity index (χ4v) is 4.59. The van der Waals surface area contributed by atoms with E-state index in [0.29, 0.717) is 36.7 Å². The molecule has 0 saturated heterocycles. The molecule has 0 aliphatic carbocycles. The maximum atomic E-state index is 13.2. The summed E-state index contributed by atoms with van der Waals surface area (Å²) in [5, 5.41) is 5.85. The minimum absolute atomic E-state index is 0.151. The summed E-state index contributed by atoms with van der Waals surface area (Å²) < 4.78 is 5.54. The summed E-state index contributed by atoms with van der Waals surface area (Å²) in [6.45, 7) is 5.00.